The topological polar surface area (TPSA) is 41.1 Å². The molecule has 3 nitrogen and oxygen atoms in total. The third-order valence-electron chi connectivity index (χ3n) is 4.48. The van der Waals surface area contributed by atoms with Gasteiger partial charge < -0.3 is 10.6 Å². The summed E-state index contributed by atoms with van der Waals surface area (Å²) < 4.78 is 0. The Bertz CT molecular complexity index is 869. The SMILES string of the molecule is C/C(=C\c1cc(C)c(-c2ccc(NC(C)(C)C)cc2)cc1C)C(=O)NC(C)C. The van der Waals surface area contributed by atoms with Gasteiger partial charge in [0.1, 0.15) is 0 Å². The van der Waals surface area contributed by atoms with E-state index in [2.05, 4.69) is 81.7 Å². The highest BCUT2D eigenvalue weighted by atomic mass is 16.1. The fraction of sp³-hybridized carbons (Fsp3) is 0.400. The second-order valence-electron chi connectivity index (χ2n) is 8.93. The van der Waals surface area contributed by atoms with Crippen molar-refractivity contribution in [3.63, 3.8) is 0 Å². The third-order valence-corrected chi connectivity index (χ3v) is 4.48. The van der Waals surface area contributed by atoms with Gasteiger partial charge in [-0.2, -0.15) is 0 Å². The van der Waals surface area contributed by atoms with Crippen LogP contribution >= 0.6 is 0 Å². The first-order chi connectivity index (χ1) is 13.0. The molecule has 1 amide bonds. The average Bonchev–Trinajstić information content (AvgIpc) is 2.56. The summed E-state index contributed by atoms with van der Waals surface area (Å²) in [7, 11) is 0. The smallest absolute Gasteiger partial charge is 0.247 e. The number of rotatable bonds is 5. The Kier molecular flexibility index (Phi) is 6.71. The summed E-state index contributed by atoms with van der Waals surface area (Å²) in [5, 5.41) is 6.44. The third kappa shape index (κ3) is 5.98. The van der Waals surface area contributed by atoms with E-state index in [0.29, 0.717) is 0 Å². The minimum absolute atomic E-state index is 0.0157. The van der Waals surface area contributed by atoms with Gasteiger partial charge in [0.2, 0.25) is 5.91 Å². The van der Waals surface area contributed by atoms with E-state index in [1.165, 1.54) is 16.7 Å². The zero-order chi connectivity index (χ0) is 21.1. The fourth-order valence-electron chi connectivity index (χ4n) is 3.15. The molecule has 2 rings (SSSR count). The molecule has 0 saturated carbocycles. The van der Waals surface area contributed by atoms with Crippen LogP contribution in [0.4, 0.5) is 5.69 Å². The molecule has 28 heavy (non-hydrogen) atoms. The Balaban J connectivity index is 2.30. The molecule has 0 bridgehead atoms. The lowest BCUT2D eigenvalue weighted by Gasteiger charge is -2.22. The summed E-state index contributed by atoms with van der Waals surface area (Å²) in [6.07, 6.45) is 1.97. The maximum absolute atomic E-state index is 12.2. The van der Waals surface area contributed by atoms with Crippen LogP contribution in [0.2, 0.25) is 0 Å². The molecule has 150 valence electrons. The zero-order valence-electron chi connectivity index (χ0n) is 18.5. The lowest BCUT2D eigenvalue weighted by atomic mass is 9.94. The van der Waals surface area contributed by atoms with Crippen LogP contribution in [0, 0.1) is 13.8 Å². The molecular weight excluding hydrogens is 344 g/mol. The van der Waals surface area contributed by atoms with Crippen molar-refractivity contribution in [2.45, 2.75) is 67.0 Å². The number of aryl methyl sites for hydroxylation is 2. The first-order valence-corrected chi connectivity index (χ1v) is 9.95. The summed E-state index contributed by atoms with van der Waals surface area (Å²) in [5.41, 5.74) is 7.76. The lowest BCUT2D eigenvalue weighted by Crippen LogP contribution is -2.30. The number of amides is 1. The number of carbonyl (C=O) groups is 1. The number of carbonyl (C=O) groups excluding carboxylic acids is 1. The molecule has 0 aliphatic rings. The molecule has 0 saturated heterocycles. The van der Waals surface area contributed by atoms with Gasteiger partial charge in [0.05, 0.1) is 0 Å². The largest absolute Gasteiger partial charge is 0.380 e. The minimum atomic E-state index is -0.0157. The highest BCUT2D eigenvalue weighted by Crippen LogP contribution is 2.29. The van der Waals surface area contributed by atoms with Gasteiger partial charge in [-0.05, 0) is 101 Å². The Hall–Kier alpha value is -2.55. The van der Waals surface area contributed by atoms with Gasteiger partial charge in [0, 0.05) is 22.8 Å². The van der Waals surface area contributed by atoms with Gasteiger partial charge in [-0.15, -0.1) is 0 Å². The summed E-state index contributed by atoms with van der Waals surface area (Å²) in [6.45, 7) is 16.5. The Morgan fingerprint density at radius 1 is 1.00 bits per heavy atom. The molecule has 0 aromatic heterocycles. The van der Waals surface area contributed by atoms with E-state index in [0.717, 1.165) is 22.4 Å². The first-order valence-electron chi connectivity index (χ1n) is 9.95. The van der Waals surface area contributed by atoms with Crippen molar-refractivity contribution in [2.24, 2.45) is 0 Å². The van der Waals surface area contributed by atoms with Crippen molar-refractivity contribution in [1.82, 2.24) is 5.32 Å². The maximum Gasteiger partial charge on any atom is 0.247 e. The minimum Gasteiger partial charge on any atom is -0.380 e. The monoisotopic (exact) mass is 378 g/mol. The van der Waals surface area contributed by atoms with Gasteiger partial charge in [-0.3, -0.25) is 4.79 Å². The van der Waals surface area contributed by atoms with Crippen LogP contribution in [-0.4, -0.2) is 17.5 Å². The van der Waals surface area contributed by atoms with Crippen LogP contribution in [0.1, 0.15) is 58.2 Å². The molecule has 2 N–H and O–H groups in total. The standard InChI is InChI=1S/C25H34N2O/c1-16(2)26-24(28)19(5)14-21-13-18(4)23(15-17(21)3)20-9-11-22(12-10-20)27-25(6,7)8/h9-16,27H,1-8H3,(H,26,28)/b19-14+. The normalized spacial score (nSPS) is 12.2. The molecule has 0 fully saturated rings. The molecule has 2 aromatic carbocycles. The molecule has 0 unspecified atom stereocenters. The van der Waals surface area contributed by atoms with Crippen molar-refractivity contribution < 1.29 is 4.79 Å². The molecule has 2 aromatic rings. The molecule has 0 aliphatic carbocycles. The van der Waals surface area contributed by atoms with E-state index in [-0.39, 0.29) is 17.5 Å². The molecule has 0 radical (unpaired) electrons. The lowest BCUT2D eigenvalue weighted by molar-refractivity contribution is -0.117. The van der Waals surface area contributed by atoms with Crippen LogP contribution in [0.3, 0.4) is 0 Å². The Morgan fingerprint density at radius 2 is 1.61 bits per heavy atom. The fourth-order valence-corrected chi connectivity index (χ4v) is 3.15. The predicted molar refractivity (Wildman–Crippen MR) is 122 cm³/mol. The maximum atomic E-state index is 12.2. The molecule has 0 spiro atoms. The van der Waals surface area contributed by atoms with Crippen molar-refractivity contribution in [2.75, 3.05) is 5.32 Å². The molecular formula is C25H34N2O. The van der Waals surface area contributed by atoms with Gasteiger partial charge in [-0.1, -0.05) is 24.3 Å². The van der Waals surface area contributed by atoms with E-state index < -0.39 is 0 Å². The van der Waals surface area contributed by atoms with Crippen molar-refractivity contribution in [3.05, 3.63) is 58.7 Å². The van der Waals surface area contributed by atoms with E-state index in [9.17, 15) is 4.79 Å². The Morgan fingerprint density at radius 3 is 2.14 bits per heavy atom. The van der Waals surface area contributed by atoms with Gasteiger partial charge in [0.15, 0.2) is 0 Å². The molecule has 0 heterocycles. The predicted octanol–water partition coefficient (Wildman–Crippen LogP) is 6.11. The first kappa shape index (κ1) is 21.7. The van der Waals surface area contributed by atoms with Crippen LogP contribution in [0.5, 0.6) is 0 Å². The van der Waals surface area contributed by atoms with Crippen molar-refractivity contribution in [1.29, 1.82) is 0 Å². The van der Waals surface area contributed by atoms with Crippen LogP contribution in [-0.2, 0) is 4.79 Å². The van der Waals surface area contributed by atoms with Crippen LogP contribution in [0.25, 0.3) is 17.2 Å². The average molecular weight is 379 g/mol. The van der Waals surface area contributed by atoms with Crippen molar-refractivity contribution >= 4 is 17.7 Å². The zero-order valence-corrected chi connectivity index (χ0v) is 18.5. The number of nitrogens with one attached hydrogen (secondary N) is 2. The second-order valence-corrected chi connectivity index (χ2v) is 8.93. The summed E-state index contributed by atoms with van der Waals surface area (Å²) in [4.78, 5) is 12.2. The van der Waals surface area contributed by atoms with Gasteiger partial charge in [0.25, 0.3) is 0 Å². The van der Waals surface area contributed by atoms with E-state index in [4.69, 9.17) is 0 Å². The molecule has 0 atom stereocenters. The Labute approximate surface area is 170 Å². The quantitative estimate of drug-likeness (QED) is 0.616. The number of benzene rings is 2. The van der Waals surface area contributed by atoms with E-state index in [1.807, 2.05) is 26.8 Å². The number of hydrogen-bond donors (Lipinski definition) is 2. The van der Waals surface area contributed by atoms with Crippen molar-refractivity contribution in [3.8, 4) is 11.1 Å². The summed E-state index contributed by atoms with van der Waals surface area (Å²) in [5.74, 6) is -0.0157. The van der Waals surface area contributed by atoms with Crippen LogP contribution < -0.4 is 10.6 Å². The van der Waals surface area contributed by atoms with Crippen LogP contribution in [0.15, 0.2) is 42.0 Å². The van der Waals surface area contributed by atoms with E-state index >= 15 is 0 Å². The molecule has 0 aliphatic heterocycles. The van der Waals surface area contributed by atoms with Gasteiger partial charge >= 0.3 is 0 Å². The molecule has 3 heteroatoms. The summed E-state index contributed by atoms with van der Waals surface area (Å²) >= 11 is 0. The number of hydrogen-bond acceptors (Lipinski definition) is 2. The highest BCUT2D eigenvalue weighted by molar-refractivity contribution is 5.97. The summed E-state index contributed by atoms with van der Waals surface area (Å²) in [6, 6.07) is 13.1. The second kappa shape index (κ2) is 8.64. The van der Waals surface area contributed by atoms with E-state index in [1.54, 1.807) is 0 Å². The number of anilines is 1. The van der Waals surface area contributed by atoms with Gasteiger partial charge in [-0.25, -0.2) is 0 Å². The highest BCUT2D eigenvalue weighted by Gasteiger charge is 2.11.